The standard InChI is InChI=1S/C43H74O5/c1-4-7-10-13-16-19-21-22-24-25-27-30-33-36-42(44)47-40-41(39-46-38-35-32-29-18-15-12-9-6-3)48-43(45)37-34-31-28-26-23-20-17-14-11-8-5-2/h7,10,14,16-17,19,22,24,27,30,41H,4-6,8-9,11-13,15,18,20-21,23,25-26,28-29,31-40H2,1-3H3/b10-7-,17-14-,19-16-,24-22-,30-27-. The Balaban J connectivity index is 4.35. The van der Waals surface area contributed by atoms with Crippen molar-refractivity contribution in [3.05, 3.63) is 60.8 Å². The van der Waals surface area contributed by atoms with Crippen LogP contribution in [0.5, 0.6) is 0 Å². The number of esters is 2. The van der Waals surface area contributed by atoms with E-state index in [1.54, 1.807) is 0 Å². The second-order valence-corrected chi connectivity index (χ2v) is 12.8. The highest BCUT2D eigenvalue weighted by atomic mass is 16.6. The second kappa shape index (κ2) is 39.0. The van der Waals surface area contributed by atoms with Crippen molar-refractivity contribution in [1.82, 2.24) is 0 Å². The van der Waals surface area contributed by atoms with Crippen molar-refractivity contribution in [2.75, 3.05) is 19.8 Å². The van der Waals surface area contributed by atoms with Gasteiger partial charge < -0.3 is 14.2 Å². The molecule has 0 aromatic carbocycles. The van der Waals surface area contributed by atoms with Crippen LogP contribution in [0, 0.1) is 0 Å². The summed E-state index contributed by atoms with van der Waals surface area (Å²) in [5.41, 5.74) is 0. The Bertz CT molecular complexity index is 853. The van der Waals surface area contributed by atoms with E-state index < -0.39 is 6.10 Å². The summed E-state index contributed by atoms with van der Waals surface area (Å²) in [7, 11) is 0. The largest absolute Gasteiger partial charge is 0.462 e. The number of rotatable bonds is 35. The van der Waals surface area contributed by atoms with Crippen molar-refractivity contribution in [2.24, 2.45) is 0 Å². The number of allylic oxidation sites excluding steroid dienone is 10. The van der Waals surface area contributed by atoms with Gasteiger partial charge in [-0.05, 0) is 64.2 Å². The predicted octanol–water partition coefficient (Wildman–Crippen LogP) is 12.7. The zero-order valence-corrected chi connectivity index (χ0v) is 31.5. The van der Waals surface area contributed by atoms with Gasteiger partial charge in [-0.25, -0.2) is 0 Å². The van der Waals surface area contributed by atoms with E-state index in [-0.39, 0.29) is 25.2 Å². The van der Waals surface area contributed by atoms with E-state index in [9.17, 15) is 9.59 Å². The normalized spacial score (nSPS) is 12.8. The van der Waals surface area contributed by atoms with Crippen LogP contribution in [0.15, 0.2) is 60.8 Å². The first-order valence-electron chi connectivity index (χ1n) is 19.8. The van der Waals surface area contributed by atoms with E-state index in [2.05, 4.69) is 75.5 Å². The zero-order valence-electron chi connectivity index (χ0n) is 31.5. The highest BCUT2D eigenvalue weighted by Gasteiger charge is 2.17. The summed E-state index contributed by atoms with van der Waals surface area (Å²) in [5.74, 6) is -0.507. The maximum Gasteiger partial charge on any atom is 0.306 e. The first-order valence-corrected chi connectivity index (χ1v) is 19.8. The Hall–Kier alpha value is -2.40. The molecule has 0 N–H and O–H groups in total. The summed E-state index contributed by atoms with van der Waals surface area (Å²) >= 11 is 0. The van der Waals surface area contributed by atoms with Crippen LogP contribution in [-0.4, -0.2) is 37.9 Å². The third-order valence-corrected chi connectivity index (χ3v) is 8.05. The lowest BCUT2D eigenvalue weighted by Gasteiger charge is -2.18. The molecule has 0 saturated heterocycles. The Morgan fingerprint density at radius 3 is 1.65 bits per heavy atom. The summed E-state index contributed by atoms with van der Waals surface area (Å²) in [5, 5.41) is 0. The molecule has 5 heteroatoms. The summed E-state index contributed by atoms with van der Waals surface area (Å²) in [4.78, 5) is 25.0. The average molecular weight is 671 g/mol. The first kappa shape index (κ1) is 45.6. The number of hydrogen-bond acceptors (Lipinski definition) is 5. The molecular formula is C43H74O5. The predicted molar refractivity (Wildman–Crippen MR) is 205 cm³/mol. The highest BCUT2D eigenvalue weighted by molar-refractivity contribution is 5.70. The van der Waals surface area contributed by atoms with Gasteiger partial charge in [-0.3, -0.25) is 9.59 Å². The lowest BCUT2D eigenvalue weighted by molar-refractivity contribution is -0.162. The van der Waals surface area contributed by atoms with Crippen LogP contribution >= 0.6 is 0 Å². The van der Waals surface area contributed by atoms with Gasteiger partial charge in [-0.2, -0.15) is 0 Å². The molecule has 5 nitrogen and oxygen atoms in total. The molecule has 48 heavy (non-hydrogen) atoms. The van der Waals surface area contributed by atoms with Crippen molar-refractivity contribution < 1.29 is 23.8 Å². The van der Waals surface area contributed by atoms with Gasteiger partial charge in [-0.1, -0.05) is 159 Å². The minimum absolute atomic E-state index is 0.0436. The topological polar surface area (TPSA) is 61.8 Å². The maximum absolute atomic E-state index is 12.6. The minimum Gasteiger partial charge on any atom is -0.462 e. The molecule has 276 valence electrons. The van der Waals surface area contributed by atoms with Crippen LogP contribution in [0.4, 0.5) is 0 Å². The van der Waals surface area contributed by atoms with Crippen molar-refractivity contribution in [2.45, 2.75) is 181 Å². The smallest absolute Gasteiger partial charge is 0.306 e. The Kier molecular flexibility index (Phi) is 37.1. The van der Waals surface area contributed by atoms with Gasteiger partial charge in [0.1, 0.15) is 6.61 Å². The van der Waals surface area contributed by atoms with Crippen molar-refractivity contribution in [3.8, 4) is 0 Å². The van der Waals surface area contributed by atoms with Crippen molar-refractivity contribution >= 4 is 11.9 Å². The van der Waals surface area contributed by atoms with Gasteiger partial charge in [0.05, 0.1) is 6.61 Å². The second-order valence-electron chi connectivity index (χ2n) is 12.8. The number of carbonyl (C=O) groups excluding carboxylic acids is 2. The number of ether oxygens (including phenoxy) is 3. The van der Waals surface area contributed by atoms with Crippen molar-refractivity contribution in [3.63, 3.8) is 0 Å². The van der Waals surface area contributed by atoms with Crippen LogP contribution in [0.3, 0.4) is 0 Å². The number of unbranched alkanes of at least 4 members (excludes halogenated alkanes) is 14. The molecule has 0 aromatic heterocycles. The van der Waals surface area contributed by atoms with E-state index in [4.69, 9.17) is 14.2 Å². The summed E-state index contributed by atoms with van der Waals surface area (Å²) in [6, 6.07) is 0. The van der Waals surface area contributed by atoms with E-state index in [0.29, 0.717) is 25.9 Å². The molecule has 0 saturated carbocycles. The van der Waals surface area contributed by atoms with Crippen LogP contribution in [-0.2, 0) is 23.8 Å². The van der Waals surface area contributed by atoms with E-state index in [1.165, 1.54) is 70.6 Å². The van der Waals surface area contributed by atoms with Gasteiger partial charge in [0.25, 0.3) is 0 Å². The summed E-state index contributed by atoms with van der Waals surface area (Å²) in [6.45, 7) is 7.55. The lowest BCUT2D eigenvalue weighted by atomic mass is 10.1. The van der Waals surface area contributed by atoms with Crippen LogP contribution < -0.4 is 0 Å². The molecule has 1 unspecified atom stereocenters. The van der Waals surface area contributed by atoms with Gasteiger partial charge in [0.15, 0.2) is 6.10 Å². The molecule has 0 rings (SSSR count). The SMILES string of the molecule is CC/C=C\C/C=C\C/C=C\C/C=C\CCC(=O)OCC(COCCCCCCCCCC)OC(=O)CCCCCCC/C=C\CCCC. The Morgan fingerprint density at radius 2 is 1.00 bits per heavy atom. The Morgan fingerprint density at radius 1 is 0.479 bits per heavy atom. The third kappa shape index (κ3) is 36.4. The molecule has 0 aliphatic heterocycles. The molecule has 0 radical (unpaired) electrons. The molecule has 0 fully saturated rings. The Labute approximate surface area is 296 Å². The van der Waals surface area contributed by atoms with Crippen molar-refractivity contribution in [1.29, 1.82) is 0 Å². The highest BCUT2D eigenvalue weighted by Crippen LogP contribution is 2.11. The van der Waals surface area contributed by atoms with Crippen LogP contribution in [0.25, 0.3) is 0 Å². The molecule has 0 aliphatic rings. The number of hydrogen-bond donors (Lipinski definition) is 0. The van der Waals surface area contributed by atoms with Crippen LogP contribution in [0.2, 0.25) is 0 Å². The zero-order chi connectivity index (χ0) is 35.0. The summed E-state index contributed by atoms with van der Waals surface area (Å²) in [6.07, 6.45) is 46.5. The summed E-state index contributed by atoms with van der Waals surface area (Å²) < 4.78 is 17.1. The quantitative estimate of drug-likeness (QED) is 0.0381. The first-order chi connectivity index (χ1) is 23.6. The average Bonchev–Trinajstić information content (AvgIpc) is 3.08. The molecule has 0 spiro atoms. The van der Waals surface area contributed by atoms with Gasteiger partial charge in [0.2, 0.25) is 0 Å². The molecule has 1 atom stereocenters. The molecule has 0 amide bonds. The van der Waals surface area contributed by atoms with E-state index >= 15 is 0 Å². The van der Waals surface area contributed by atoms with Gasteiger partial charge in [-0.15, -0.1) is 0 Å². The van der Waals surface area contributed by atoms with Crippen LogP contribution in [0.1, 0.15) is 175 Å². The molecule has 0 aromatic rings. The molecule has 0 heterocycles. The fourth-order valence-electron chi connectivity index (χ4n) is 5.09. The van der Waals surface area contributed by atoms with Gasteiger partial charge >= 0.3 is 11.9 Å². The minimum atomic E-state index is -0.563. The molecule has 0 aliphatic carbocycles. The lowest BCUT2D eigenvalue weighted by Crippen LogP contribution is -2.30. The fraction of sp³-hybridized carbons (Fsp3) is 0.721. The number of carbonyl (C=O) groups is 2. The fourth-order valence-corrected chi connectivity index (χ4v) is 5.09. The third-order valence-electron chi connectivity index (χ3n) is 8.05. The monoisotopic (exact) mass is 671 g/mol. The van der Waals surface area contributed by atoms with E-state index in [1.807, 2.05) is 6.08 Å². The maximum atomic E-state index is 12.6. The van der Waals surface area contributed by atoms with Gasteiger partial charge in [0, 0.05) is 19.4 Å². The molecular weight excluding hydrogens is 596 g/mol. The molecule has 0 bridgehead atoms. The van der Waals surface area contributed by atoms with E-state index in [0.717, 1.165) is 64.2 Å².